The van der Waals surface area contributed by atoms with E-state index in [0.717, 1.165) is 0 Å². The van der Waals surface area contributed by atoms with Crippen molar-refractivity contribution in [2.75, 3.05) is 25.4 Å². The lowest BCUT2D eigenvalue weighted by molar-refractivity contribution is -0.147. The van der Waals surface area contributed by atoms with Gasteiger partial charge in [-0.1, -0.05) is 0 Å². The highest BCUT2D eigenvalue weighted by Gasteiger charge is 2.51. The van der Waals surface area contributed by atoms with Gasteiger partial charge < -0.3 is 21.5 Å². The Hall–Kier alpha value is -1.84. The van der Waals surface area contributed by atoms with Gasteiger partial charge in [-0.25, -0.2) is 4.79 Å². The van der Waals surface area contributed by atoms with Crippen LogP contribution in [0.2, 0.25) is 0 Å². The number of hydrogen-bond donors (Lipinski definition) is 4. The van der Waals surface area contributed by atoms with Crippen molar-refractivity contribution in [3.05, 3.63) is 22.9 Å². The van der Waals surface area contributed by atoms with Crippen molar-refractivity contribution in [2.24, 2.45) is 5.73 Å². The zero-order valence-corrected chi connectivity index (χ0v) is 14.6. The minimum atomic E-state index is -1.17. The van der Waals surface area contributed by atoms with Crippen LogP contribution in [-0.4, -0.2) is 64.6 Å². The fraction of sp³-hybridized carbons (Fsp3) is 0.562. The Bertz CT molecular complexity index is 649. The van der Waals surface area contributed by atoms with Crippen LogP contribution in [0.4, 0.5) is 0 Å². The average molecular weight is 366 g/mol. The number of carbonyl (C=O) groups is 3. The quantitative estimate of drug-likeness (QED) is 0.379. The van der Waals surface area contributed by atoms with Gasteiger partial charge >= 0.3 is 5.97 Å². The molecule has 0 radical (unpaired) electrons. The van der Waals surface area contributed by atoms with Crippen molar-refractivity contribution >= 4 is 29.5 Å². The zero-order valence-electron chi connectivity index (χ0n) is 13.8. The Morgan fingerprint density at radius 3 is 2.52 bits per heavy atom. The number of carbonyl (C=O) groups excluding carboxylic acids is 2. The molecule has 0 bridgehead atoms. The van der Waals surface area contributed by atoms with Crippen LogP contribution < -0.4 is 16.4 Å². The molecule has 2 unspecified atom stereocenters. The number of allylic oxidation sites excluding steroid dienone is 1. The molecule has 0 aromatic carbocycles. The highest BCUT2D eigenvalue weighted by molar-refractivity contribution is 8.00. The Morgan fingerprint density at radius 1 is 1.28 bits per heavy atom. The molecule has 136 valence electrons. The molecule has 0 aromatic rings. The molecule has 4 rings (SSSR count). The second-order valence-electron chi connectivity index (χ2n) is 6.25. The number of β-lactam (4-membered cyclic amide) rings is 1. The summed E-state index contributed by atoms with van der Waals surface area (Å²) < 4.78 is 0. The number of amides is 2. The number of nitrogens with zero attached hydrogens (tertiary/aromatic N) is 1. The molecule has 9 heteroatoms. The molecule has 8 nitrogen and oxygen atoms in total. The predicted octanol–water partition coefficient (Wildman–Crippen LogP) is -0.616. The number of nitrogens with two attached hydrogens (primary N) is 1. The van der Waals surface area contributed by atoms with E-state index in [1.807, 2.05) is 0 Å². The summed E-state index contributed by atoms with van der Waals surface area (Å²) in [5, 5.41) is 14.9. The predicted molar refractivity (Wildman–Crippen MR) is 93.5 cm³/mol. The summed E-state index contributed by atoms with van der Waals surface area (Å²) >= 11 is 1.42. The van der Waals surface area contributed by atoms with Crippen LogP contribution >= 0.6 is 11.8 Å². The molecule has 0 saturated carbocycles. The largest absolute Gasteiger partial charge is 0.477 e. The fourth-order valence-electron chi connectivity index (χ4n) is 3.16. The topological polar surface area (TPSA) is 125 Å². The Labute approximate surface area is 149 Å². The van der Waals surface area contributed by atoms with Gasteiger partial charge in [0, 0.05) is 17.9 Å². The Morgan fingerprint density at radius 2 is 2.00 bits per heavy atom. The number of rotatable bonds is 2. The maximum absolute atomic E-state index is 11.7. The first-order valence-corrected chi connectivity index (χ1v) is 9.41. The molecule has 3 saturated heterocycles. The van der Waals surface area contributed by atoms with Crippen molar-refractivity contribution in [3.8, 4) is 0 Å². The first-order chi connectivity index (χ1) is 12.0. The van der Waals surface area contributed by atoms with Gasteiger partial charge in [0.2, 0.25) is 11.8 Å². The van der Waals surface area contributed by atoms with Gasteiger partial charge in [-0.15, -0.1) is 11.8 Å². The average Bonchev–Trinajstić information content (AvgIpc) is 3.29. The summed E-state index contributed by atoms with van der Waals surface area (Å²) in [4.78, 5) is 35.9. The van der Waals surface area contributed by atoms with Crippen molar-refractivity contribution in [1.29, 1.82) is 0 Å². The van der Waals surface area contributed by atoms with Gasteiger partial charge in [0.05, 0.1) is 0 Å². The van der Waals surface area contributed by atoms with Crippen molar-refractivity contribution < 1.29 is 19.5 Å². The molecule has 2 atom stereocenters. The number of fused-ring (bicyclic) bond motifs is 1. The number of hydrogen-bond acceptors (Lipinski definition) is 6. The lowest BCUT2D eigenvalue weighted by Gasteiger charge is -2.47. The van der Waals surface area contributed by atoms with Gasteiger partial charge in [0.15, 0.2) is 0 Å². The molecule has 25 heavy (non-hydrogen) atoms. The summed E-state index contributed by atoms with van der Waals surface area (Å²) in [6.07, 6.45) is 4.93. The van der Waals surface area contributed by atoms with Gasteiger partial charge in [0.1, 0.15) is 17.1 Å². The third kappa shape index (κ3) is 3.58. The number of carboxylic acid groups (broad SMARTS) is 1. The normalized spacial score (nSPS) is 29.8. The third-order valence-electron chi connectivity index (χ3n) is 4.52. The second kappa shape index (κ2) is 7.59. The lowest BCUT2D eigenvalue weighted by Crippen LogP contribution is -2.68. The molecular formula is C16H22N4O4S. The van der Waals surface area contributed by atoms with Crippen molar-refractivity contribution in [2.45, 2.75) is 30.7 Å². The molecule has 4 heterocycles. The van der Waals surface area contributed by atoms with Gasteiger partial charge in [-0.05, 0) is 44.0 Å². The van der Waals surface area contributed by atoms with E-state index in [4.69, 9.17) is 5.73 Å². The van der Waals surface area contributed by atoms with E-state index in [9.17, 15) is 19.5 Å². The van der Waals surface area contributed by atoms with Crippen LogP contribution in [0.3, 0.4) is 0 Å². The number of carboxylic acids is 1. The van der Waals surface area contributed by atoms with E-state index in [1.54, 1.807) is 6.08 Å². The summed E-state index contributed by atoms with van der Waals surface area (Å²) in [6, 6.07) is -0.640. The van der Waals surface area contributed by atoms with Crippen molar-refractivity contribution in [1.82, 2.24) is 15.5 Å². The number of nitrogens with one attached hydrogen (secondary N) is 2. The smallest absolute Gasteiger partial charge is 0.352 e. The SMILES string of the molecule is C1CCNC1.NC1C(=O)N2C(C(=O)O)=C(/C=C3\CCNC3=O)CSC12. The minimum Gasteiger partial charge on any atom is -0.477 e. The van der Waals surface area contributed by atoms with Crippen LogP contribution in [0.5, 0.6) is 0 Å². The summed E-state index contributed by atoms with van der Waals surface area (Å²) in [6.45, 7) is 3.06. The van der Waals surface area contributed by atoms with Crippen LogP contribution in [0, 0.1) is 0 Å². The first kappa shape index (κ1) is 18.0. The third-order valence-corrected chi connectivity index (χ3v) is 5.84. The number of aliphatic carboxylic acids is 1. The molecule has 0 aliphatic carbocycles. The minimum absolute atomic E-state index is 0.0485. The molecule has 4 aliphatic heterocycles. The second-order valence-corrected chi connectivity index (χ2v) is 7.35. The van der Waals surface area contributed by atoms with E-state index >= 15 is 0 Å². The zero-order chi connectivity index (χ0) is 18.0. The lowest BCUT2D eigenvalue weighted by atomic mass is 10.0. The molecule has 3 fully saturated rings. The van der Waals surface area contributed by atoms with Crippen LogP contribution in [0.1, 0.15) is 19.3 Å². The van der Waals surface area contributed by atoms with E-state index in [0.29, 0.717) is 29.9 Å². The Kier molecular flexibility index (Phi) is 5.45. The molecule has 4 aliphatic rings. The standard InChI is InChI=1S/C12H13N3O4S.C4H9N/c13-7-10(17)15-8(12(18)19)6(4-20-11(7)15)3-5-1-2-14-9(5)16;1-2-4-5-3-1/h3,7,11H,1-2,4,13H2,(H,14,16)(H,18,19);5H,1-4H2/b5-3+;. The van der Waals surface area contributed by atoms with Gasteiger partial charge in [-0.3, -0.25) is 14.5 Å². The highest BCUT2D eigenvalue weighted by atomic mass is 32.2. The maximum Gasteiger partial charge on any atom is 0.352 e. The first-order valence-electron chi connectivity index (χ1n) is 8.37. The number of thioether (sulfide) groups is 1. The van der Waals surface area contributed by atoms with E-state index in [2.05, 4.69) is 10.6 Å². The Balaban J connectivity index is 0.000000314. The monoisotopic (exact) mass is 366 g/mol. The van der Waals surface area contributed by atoms with Crippen molar-refractivity contribution in [3.63, 3.8) is 0 Å². The van der Waals surface area contributed by atoms with Crippen LogP contribution in [-0.2, 0) is 14.4 Å². The molecular weight excluding hydrogens is 344 g/mol. The molecule has 5 N–H and O–H groups in total. The molecule has 0 spiro atoms. The van der Waals surface area contributed by atoms with E-state index < -0.39 is 12.0 Å². The summed E-state index contributed by atoms with van der Waals surface area (Å²) in [5.74, 6) is -1.30. The van der Waals surface area contributed by atoms with Gasteiger partial charge in [-0.2, -0.15) is 0 Å². The molecule has 0 aromatic heterocycles. The molecule has 2 amide bonds. The van der Waals surface area contributed by atoms with Crippen LogP contribution in [0.15, 0.2) is 22.9 Å². The fourth-order valence-corrected chi connectivity index (χ4v) is 4.41. The highest BCUT2D eigenvalue weighted by Crippen LogP contribution is 2.40. The van der Waals surface area contributed by atoms with E-state index in [-0.39, 0.29) is 22.9 Å². The summed E-state index contributed by atoms with van der Waals surface area (Å²) in [5.41, 5.74) is 6.66. The summed E-state index contributed by atoms with van der Waals surface area (Å²) in [7, 11) is 0. The maximum atomic E-state index is 11.7. The van der Waals surface area contributed by atoms with E-state index in [1.165, 1.54) is 42.6 Å². The van der Waals surface area contributed by atoms with Crippen LogP contribution in [0.25, 0.3) is 0 Å². The van der Waals surface area contributed by atoms with Gasteiger partial charge in [0.25, 0.3) is 0 Å².